The standard InChI is InChI=1S/C21H37N.BF4/c1-4-5-6-7-8-9-10-11-12-13-16-20-17-14-15-18-21(20)19-22(2)3;2-1(3,4)5/h14-15,17-18H,4-13,16,19H2,1-3H3;/q;-1/p+1. The zero-order valence-corrected chi connectivity index (χ0v) is 17.4. The number of aryl methyl sites for hydroxylation is 1. The van der Waals surface area contributed by atoms with Crippen molar-refractivity contribution >= 4 is 7.25 Å². The molecule has 6 heteroatoms. The van der Waals surface area contributed by atoms with E-state index in [2.05, 4.69) is 45.3 Å². The van der Waals surface area contributed by atoms with Gasteiger partial charge < -0.3 is 22.2 Å². The zero-order valence-electron chi connectivity index (χ0n) is 17.4. The van der Waals surface area contributed by atoms with Crippen LogP contribution in [0.1, 0.15) is 82.3 Å². The van der Waals surface area contributed by atoms with Crippen molar-refractivity contribution in [2.45, 2.75) is 84.1 Å². The SMILES string of the molecule is CCCCCCCCCCCCc1ccccc1C[NH+](C)C.F[B-](F)(F)F. The maximum atomic E-state index is 9.75. The van der Waals surface area contributed by atoms with Crippen molar-refractivity contribution in [1.29, 1.82) is 0 Å². The smallest absolute Gasteiger partial charge is 0.418 e. The van der Waals surface area contributed by atoms with E-state index in [1.165, 1.54) is 75.5 Å². The molecule has 0 spiro atoms. The maximum Gasteiger partial charge on any atom is 0.673 e. The molecule has 0 saturated heterocycles. The third-order valence-electron chi connectivity index (χ3n) is 4.46. The zero-order chi connectivity index (χ0) is 20.5. The Morgan fingerprint density at radius 2 is 1.11 bits per heavy atom. The number of nitrogens with one attached hydrogen (secondary N) is 1. The summed E-state index contributed by atoms with van der Waals surface area (Å²) in [5.41, 5.74) is 3.11. The number of benzene rings is 1. The third-order valence-corrected chi connectivity index (χ3v) is 4.46. The van der Waals surface area contributed by atoms with Gasteiger partial charge >= 0.3 is 7.25 Å². The highest BCUT2D eigenvalue weighted by atomic mass is 19.5. The first kappa shape index (κ1) is 26.0. The maximum absolute atomic E-state index is 9.75. The number of hydrogen-bond donors (Lipinski definition) is 1. The van der Waals surface area contributed by atoms with Crippen molar-refractivity contribution in [3.63, 3.8) is 0 Å². The van der Waals surface area contributed by atoms with Crippen molar-refractivity contribution in [1.82, 2.24) is 0 Å². The molecule has 0 atom stereocenters. The Bertz CT molecular complexity index is 458. The van der Waals surface area contributed by atoms with Crippen LogP contribution in [0.5, 0.6) is 0 Å². The van der Waals surface area contributed by atoms with Crippen LogP contribution in [-0.2, 0) is 13.0 Å². The van der Waals surface area contributed by atoms with Crippen LogP contribution >= 0.6 is 0 Å². The highest BCUT2D eigenvalue weighted by Gasteiger charge is 2.20. The minimum atomic E-state index is -6.00. The average molecular weight is 391 g/mol. The molecule has 158 valence electrons. The molecule has 1 aromatic rings. The van der Waals surface area contributed by atoms with Crippen LogP contribution in [0, 0.1) is 0 Å². The van der Waals surface area contributed by atoms with E-state index in [0.29, 0.717) is 0 Å². The molecule has 1 aromatic carbocycles. The number of hydrogen-bond acceptors (Lipinski definition) is 0. The van der Waals surface area contributed by atoms with E-state index in [-0.39, 0.29) is 0 Å². The number of halogens is 4. The van der Waals surface area contributed by atoms with Gasteiger partial charge in [-0.3, -0.25) is 0 Å². The number of unbranched alkanes of at least 4 members (excludes halogenated alkanes) is 9. The number of rotatable bonds is 13. The van der Waals surface area contributed by atoms with E-state index in [9.17, 15) is 17.3 Å². The van der Waals surface area contributed by atoms with Crippen molar-refractivity contribution < 1.29 is 22.2 Å². The van der Waals surface area contributed by atoms with Gasteiger partial charge in [-0.2, -0.15) is 0 Å². The summed E-state index contributed by atoms with van der Waals surface area (Å²) in [5, 5.41) is 0. The Morgan fingerprint density at radius 3 is 1.56 bits per heavy atom. The Labute approximate surface area is 163 Å². The van der Waals surface area contributed by atoms with Crippen molar-refractivity contribution in [3.8, 4) is 0 Å². The molecular formula is C21H38BF4N. The fourth-order valence-electron chi connectivity index (χ4n) is 3.16. The largest absolute Gasteiger partial charge is 0.673 e. The minimum Gasteiger partial charge on any atom is -0.418 e. The molecule has 0 aliphatic rings. The van der Waals surface area contributed by atoms with Crippen LogP contribution in [-0.4, -0.2) is 21.3 Å². The van der Waals surface area contributed by atoms with Crippen LogP contribution in [0.15, 0.2) is 24.3 Å². The summed E-state index contributed by atoms with van der Waals surface area (Å²) in [7, 11) is -1.53. The third kappa shape index (κ3) is 19.5. The first-order chi connectivity index (χ1) is 12.7. The molecule has 0 aliphatic heterocycles. The van der Waals surface area contributed by atoms with Gasteiger partial charge in [-0.1, -0.05) is 89.0 Å². The molecule has 0 unspecified atom stereocenters. The lowest BCUT2D eigenvalue weighted by molar-refractivity contribution is -0.872. The van der Waals surface area contributed by atoms with Gasteiger partial charge in [0.1, 0.15) is 6.54 Å². The monoisotopic (exact) mass is 391 g/mol. The minimum absolute atomic E-state index is 1.15. The first-order valence-corrected chi connectivity index (χ1v) is 10.5. The summed E-state index contributed by atoms with van der Waals surface area (Å²) in [6.45, 7) is 3.44. The Morgan fingerprint density at radius 1 is 0.704 bits per heavy atom. The molecule has 0 radical (unpaired) electrons. The van der Waals surface area contributed by atoms with Gasteiger partial charge in [-0.05, 0) is 18.4 Å². The number of quaternary nitrogens is 1. The normalized spacial score (nSPS) is 11.4. The molecule has 0 amide bonds. The predicted molar refractivity (Wildman–Crippen MR) is 109 cm³/mol. The molecule has 0 bridgehead atoms. The van der Waals surface area contributed by atoms with Gasteiger partial charge in [0.15, 0.2) is 0 Å². The van der Waals surface area contributed by atoms with Gasteiger partial charge in [-0.15, -0.1) is 0 Å². The fourth-order valence-corrected chi connectivity index (χ4v) is 3.16. The van der Waals surface area contributed by atoms with Gasteiger partial charge in [-0.25, -0.2) is 0 Å². The molecule has 27 heavy (non-hydrogen) atoms. The molecular weight excluding hydrogens is 353 g/mol. The van der Waals surface area contributed by atoms with Gasteiger partial charge in [0.2, 0.25) is 0 Å². The summed E-state index contributed by atoms with van der Waals surface area (Å²) in [6, 6.07) is 9.01. The highest BCUT2D eigenvalue weighted by Crippen LogP contribution is 2.14. The second-order valence-electron chi connectivity index (χ2n) is 7.58. The first-order valence-electron chi connectivity index (χ1n) is 10.5. The lowest BCUT2D eigenvalue weighted by Gasteiger charge is -2.12. The topological polar surface area (TPSA) is 4.44 Å². The lowest BCUT2D eigenvalue weighted by atomic mass is 10.00. The van der Waals surface area contributed by atoms with Crippen LogP contribution in [0.2, 0.25) is 0 Å². The van der Waals surface area contributed by atoms with E-state index in [0.717, 1.165) is 6.54 Å². The van der Waals surface area contributed by atoms with Crippen LogP contribution in [0.25, 0.3) is 0 Å². The van der Waals surface area contributed by atoms with Crippen molar-refractivity contribution in [2.75, 3.05) is 14.1 Å². The van der Waals surface area contributed by atoms with Crippen LogP contribution in [0.3, 0.4) is 0 Å². The Kier molecular flexibility index (Phi) is 15.4. The Hall–Kier alpha value is -1.04. The fraction of sp³-hybridized carbons (Fsp3) is 0.714. The molecule has 1 nitrogen and oxygen atoms in total. The van der Waals surface area contributed by atoms with E-state index >= 15 is 0 Å². The van der Waals surface area contributed by atoms with Crippen LogP contribution < -0.4 is 4.90 Å². The lowest BCUT2D eigenvalue weighted by Crippen LogP contribution is -3.04. The average Bonchev–Trinajstić information content (AvgIpc) is 2.56. The molecule has 1 N–H and O–H groups in total. The predicted octanol–water partition coefficient (Wildman–Crippen LogP) is 6.09. The Balaban J connectivity index is 0.00000119. The second kappa shape index (κ2) is 16.0. The summed E-state index contributed by atoms with van der Waals surface area (Å²) in [4.78, 5) is 1.51. The van der Waals surface area contributed by atoms with E-state index in [1.54, 1.807) is 11.1 Å². The summed E-state index contributed by atoms with van der Waals surface area (Å²) >= 11 is 0. The summed E-state index contributed by atoms with van der Waals surface area (Å²) in [6.07, 6.45) is 15.5. The van der Waals surface area contributed by atoms with Crippen LogP contribution in [0.4, 0.5) is 17.3 Å². The summed E-state index contributed by atoms with van der Waals surface area (Å²) < 4.78 is 39.0. The van der Waals surface area contributed by atoms with E-state index in [4.69, 9.17) is 0 Å². The second-order valence-corrected chi connectivity index (χ2v) is 7.58. The van der Waals surface area contributed by atoms with E-state index in [1.807, 2.05) is 0 Å². The molecule has 0 aromatic heterocycles. The molecule has 1 rings (SSSR count). The molecule has 0 heterocycles. The van der Waals surface area contributed by atoms with Gasteiger partial charge in [0.05, 0.1) is 14.1 Å². The van der Waals surface area contributed by atoms with Gasteiger partial charge in [0.25, 0.3) is 0 Å². The van der Waals surface area contributed by atoms with Crippen molar-refractivity contribution in [3.05, 3.63) is 35.4 Å². The van der Waals surface area contributed by atoms with Gasteiger partial charge in [0, 0.05) is 5.56 Å². The van der Waals surface area contributed by atoms with E-state index < -0.39 is 7.25 Å². The quantitative estimate of drug-likeness (QED) is 0.236. The highest BCUT2D eigenvalue weighted by molar-refractivity contribution is 6.50. The molecule has 0 aliphatic carbocycles. The molecule has 0 saturated carbocycles. The van der Waals surface area contributed by atoms with Crippen molar-refractivity contribution in [2.24, 2.45) is 0 Å². The summed E-state index contributed by atoms with van der Waals surface area (Å²) in [5.74, 6) is 0. The molecule has 0 fully saturated rings.